The number of allylic oxidation sites excluding steroid dienone is 1. The Labute approximate surface area is 263 Å². The molecule has 1 unspecified atom stereocenters. The van der Waals surface area contributed by atoms with Crippen molar-refractivity contribution in [2.24, 2.45) is 28.6 Å². The molecule has 1 aromatic rings. The summed E-state index contributed by atoms with van der Waals surface area (Å²) in [7, 11) is 0. The summed E-state index contributed by atoms with van der Waals surface area (Å²) < 4.78 is 11.3. The van der Waals surface area contributed by atoms with E-state index in [9.17, 15) is 33.9 Å². The van der Waals surface area contributed by atoms with E-state index in [1.165, 1.54) is 12.5 Å². The van der Waals surface area contributed by atoms with E-state index in [0.29, 0.717) is 43.1 Å². The lowest BCUT2D eigenvalue weighted by atomic mass is 9.46. The number of benzene rings is 1. The normalized spacial score (nSPS) is 32.6. The standard InChI is InChI=1S/C35H43NO9/c1-21(37)45-35(28(39)20-44-30(41)12-11-29(40)36-31(32(42)43)22-7-5-4-6-8-22)18-15-27-25-10-9-23-19-24(38)13-16-33(23,2)26(25)14-17-34(27,35)3/h4-8,19,25-27,31H,9-18,20H2,1-3H3,(H,36,40)(H,42,43)/t25-,26+,27+,31?,33+,34+,35+/m1/s1. The molecule has 3 fully saturated rings. The van der Waals surface area contributed by atoms with E-state index in [0.717, 1.165) is 25.7 Å². The highest BCUT2D eigenvalue weighted by molar-refractivity contribution is 5.94. The molecule has 10 heteroatoms. The molecule has 1 aromatic carbocycles. The van der Waals surface area contributed by atoms with Gasteiger partial charge in [0, 0.05) is 25.2 Å². The summed E-state index contributed by atoms with van der Waals surface area (Å²) in [5.74, 6) is -2.62. The topological polar surface area (TPSA) is 153 Å². The van der Waals surface area contributed by atoms with Gasteiger partial charge in [-0.25, -0.2) is 4.79 Å². The van der Waals surface area contributed by atoms with Gasteiger partial charge in [0.05, 0.1) is 6.42 Å². The fraction of sp³-hybridized carbons (Fsp3) is 0.600. The Hall–Kier alpha value is -3.82. The fourth-order valence-electron chi connectivity index (χ4n) is 9.20. The van der Waals surface area contributed by atoms with E-state index >= 15 is 0 Å². The van der Waals surface area contributed by atoms with Crippen LogP contribution in [0.5, 0.6) is 0 Å². The summed E-state index contributed by atoms with van der Waals surface area (Å²) >= 11 is 0. The maximum absolute atomic E-state index is 13.9. The number of rotatable bonds is 10. The van der Waals surface area contributed by atoms with Crippen molar-refractivity contribution in [2.45, 2.75) is 96.6 Å². The predicted molar refractivity (Wildman–Crippen MR) is 161 cm³/mol. The molecule has 0 bridgehead atoms. The van der Waals surface area contributed by atoms with Crippen LogP contribution >= 0.6 is 0 Å². The van der Waals surface area contributed by atoms with Gasteiger partial charge in [0.25, 0.3) is 0 Å². The van der Waals surface area contributed by atoms with Gasteiger partial charge in [-0.15, -0.1) is 0 Å². The third-order valence-corrected chi connectivity index (χ3v) is 11.5. The van der Waals surface area contributed by atoms with Crippen LogP contribution in [0.4, 0.5) is 0 Å². The van der Waals surface area contributed by atoms with E-state index in [-0.39, 0.29) is 30.0 Å². The molecular formula is C35H43NO9. The number of esters is 2. The number of Topliss-reactive ketones (excluding diaryl/α,β-unsaturated/α-hetero) is 1. The third-order valence-electron chi connectivity index (χ3n) is 11.5. The second kappa shape index (κ2) is 12.5. The number of amides is 1. The minimum Gasteiger partial charge on any atom is -0.479 e. The molecule has 2 N–H and O–H groups in total. The van der Waals surface area contributed by atoms with Crippen LogP contribution in [0, 0.1) is 28.6 Å². The summed E-state index contributed by atoms with van der Waals surface area (Å²) in [4.78, 5) is 75.3. The molecular weight excluding hydrogens is 578 g/mol. The van der Waals surface area contributed by atoms with Gasteiger partial charge in [0.2, 0.25) is 11.7 Å². The molecule has 0 saturated heterocycles. The van der Waals surface area contributed by atoms with E-state index in [1.807, 2.05) is 13.0 Å². The molecule has 1 amide bonds. The summed E-state index contributed by atoms with van der Waals surface area (Å²) in [5, 5.41) is 12.0. The highest BCUT2D eigenvalue weighted by Crippen LogP contribution is 2.68. The van der Waals surface area contributed by atoms with Crippen LogP contribution < -0.4 is 5.32 Å². The smallest absolute Gasteiger partial charge is 0.330 e. The van der Waals surface area contributed by atoms with E-state index in [2.05, 4.69) is 12.2 Å². The first kappa shape index (κ1) is 32.6. The third kappa shape index (κ3) is 5.95. The first-order valence-corrected chi connectivity index (χ1v) is 16.0. The molecule has 4 aliphatic carbocycles. The van der Waals surface area contributed by atoms with Gasteiger partial charge in [-0.3, -0.25) is 24.0 Å². The van der Waals surface area contributed by atoms with Crippen molar-refractivity contribution in [1.29, 1.82) is 0 Å². The van der Waals surface area contributed by atoms with Crippen LogP contribution in [0.1, 0.15) is 96.6 Å². The maximum atomic E-state index is 13.9. The van der Waals surface area contributed by atoms with Gasteiger partial charge in [-0.2, -0.15) is 0 Å². The fourth-order valence-corrected chi connectivity index (χ4v) is 9.20. The predicted octanol–water partition coefficient (Wildman–Crippen LogP) is 4.65. The average molecular weight is 622 g/mol. The minimum atomic E-state index is -1.42. The monoisotopic (exact) mass is 621 g/mol. The van der Waals surface area contributed by atoms with Gasteiger partial charge >= 0.3 is 17.9 Å². The number of aliphatic carboxylic acids is 1. The zero-order valence-corrected chi connectivity index (χ0v) is 26.3. The summed E-state index contributed by atoms with van der Waals surface area (Å²) in [6.07, 6.45) is 6.97. The SMILES string of the molecule is CC(=O)O[C@]1(C(=O)COC(=O)CCC(=O)NC(C(=O)O)c2ccccc2)CC[C@H]2[C@@H]3CCC4=CC(=O)CC[C@]4(C)[C@H]3CC[C@@]21C. The highest BCUT2D eigenvalue weighted by atomic mass is 16.6. The molecule has 0 radical (unpaired) electrons. The number of nitrogens with one attached hydrogen (secondary N) is 1. The molecule has 4 aliphatic rings. The number of ether oxygens (including phenoxy) is 2. The second-order valence-corrected chi connectivity index (χ2v) is 13.7. The number of carbonyl (C=O) groups excluding carboxylic acids is 5. The summed E-state index contributed by atoms with van der Waals surface area (Å²) in [6.45, 7) is 5.03. The molecule has 10 nitrogen and oxygen atoms in total. The molecule has 0 aromatic heterocycles. The first-order valence-electron chi connectivity index (χ1n) is 16.0. The number of fused-ring (bicyclic) bond motifs is 5. The zero-order valence-electron chi connectivity index (χ0n) is 26.3. The van der Waals surface area contributed by atoms with Crippen LogP contribution in [-0.2, 0) is 38.2 Å². The zero-order chi connectivity index (χ0) is 32.6. The van der Waals surface area contributed by atoms with Gasteiger partial charge in [0.15, 0.2) is 24.0 Å². The number of carbonyl (C=O) groups is 6. The number of hydrogen-bond donors (Lipinski definition) is 2. The molecule has 242 valence electrons. The summed E-state index contributed by atoms with van der Waals surface area (Å²) in [6, 6.07) is 6.96. The van der Waals surface area contributed by atoms with E-state index in [4.69, 9.17) is 9.47 Å². The largest absolute Gasteiger partial charge is 0.479 e. The van der Waals surface area contributed by atoms with Crippen LogP contribution in [0.25, 0.3) is 0 Å². The Morgan fingerprint density at radius 3 is 2.36 bits per heavy atom. The molecule has 0 spiro atoms. The Morgan fingerprint density at radius 2 is 1.67 bits per heavy atom. The van der Waals surface area contributed by atoms with Crippen molar-refractivity contribution in [3.05, 3.63) is 47.5 Å². The molecule has 7 atom stereocenters. The van der Waals surface area contributed by atoms with Gasteiger partial charge in [0.1, 0.15) is 0 Å². The lowest BCUT2D eigenvalue weighted by Crippen LogP contribution is -2.59. The molecule has 0 aliphatic heterocycles. The van der Waals surface area contributed by atoms with Crippen molar-refractivity contribution < 1.29 is 43.3 Å². The number of hydrogen-bond acceptors (Lipinski definition) is 8. The Kier molecular flexibility index (Phi) is 9.06. The van der Waals surface area contributed by atoms with Crippen molar-refractivity contribution in [3.8, 4) is 0 Å². The first-order chi connectivity index (χ1) is 21.3. The van der Waals surface area contributed by atoms with E-state index in [1.54, 1.807) is 30.3 Å². The number of carboxylic acids is 1. The van der Waals surface area contributed by atoms with Gasteiger partial charge in [-0.05, 0) is 79.8 Å². The van der Waals surface area contributed by atoms with Crippen molar-refractivity contribution in [1.82, 2.24) is 5.32 Å². The van der Waals surface area contributed by atoms with Crippen LogP contribution in [-0.4, -0.2) is 52.7 Å². The molecule has 3 saturated carbocycles. The lowest BCUT2D eigenvalue weighted by Gasteiger charge is -2.59. The average Bonchev–Trinajstić information content (AvgIpc) is 3.30. The Morgan fingerprint density at radius 1 is 0.956 bits per heavy atom. The molecule has 45 heavy (non-hydrogen) atoms. The Balaban J connectivity index is 1.23. The van der Waals surface area contributed by atoms with Crippen LogP contribution in [0.15, 0.2) is 42.0 Å². The van der Waals surface area contributed by atoms with Crippen molar-refractivity contribution in [2.75, 3.05) is 6.61 Å². The maximum Gasteiger partial charge on any atom is 0.330 e. The van der Waals surface area contributed by atoms with Crippen LogP contribution in [0.3, 0.4) is 0 Å². The number of ketones is 2. The van der Waals surface area contributed by atoms with Gasteiger partial charge in [-0.1, -0.05) is 49.8 Å². The van der Waals surface area contributed by atoms with Gasteiger partial charge < -0.3 is 19.9 Å². The molecule has 5 rings (SSSR count). The second-order valence-electron chi connectivity index (χ2n) is 13.7. The lowest BCUT2D eigenvalue weighted by molar-refractivity contribution is -0.191. The Bertz CT molecular complexity index is 1420. The quantitative estimate of drug-likeness (QED) is 0.355. The minimum absolute atomic E-state index is 0.0394. The van der Waals surface area contributed by atoms with E-state index < -0.39 is 53.3 Å². The molecule has 0 heterocycles. The number of carboxylic acid groups (broad SMARTS) is 1. The summed E-state index contributed by atoms with van der Waals surface area (Å²) in [5.41, 5.74) is -0.441. The highest BCUT2D eigenvalue weighted by Gasteiger charge is 2.68. The van der Waals surface area contributed by atoms with Crippen LogP contribution in [0.2, 0.25) is 0 Å². The van der Waals surface area contributed by atoms with Crippen molar-refractivity contribution >= 4 is 35.4 Å². The van der Waals surface area contributed by atoms with Crippen molar-refractivity contribution in [3.63, 3.8) is 0 Å².